The highest BCUT2D eigenvalue weighted by Crippen LogP contribution is 2.15. The summed E-state index contributed by atoms with van der Waals surface area (Å²) < 4.78 is 0.104. The smallest absolute Gasteiger partial charge is 0.267 e. The van der Waals surface area contributed by atoms with Crippen LogP contribution in [0.5, 0.6) is 0 Å². The average Bonchev–Trinajstić information content (AvgIpc) is 2.22. The van der Waals surface area contributed by atoms with Crippen molar-refractivity contribution in [3.63, 3.8) is 0 Å². The summed E-state index contributed by atoms with van der Waals surface area (Å²) in [5.41, 5.74) is 1.62. The van der Waals surface area contributed by atoms with Gasteiger partial charge in [-0.25, -0.2) is 0 Å². The topological polar surface area (TPSA) is 52.9 Å². The maximum Gasteiger partial charge on any atom is 0.267 e. The molecule has 1 N–H and O–H groups in total. The quantitative estimate of drug-likeness (QED) is 0.429. The van der Waals surface area contributed by atoms with Crippen LogP contribution in [0.3, 0.4) is 0 Å². The third kappa shape index (κ3) is 3.33. The van der Waals surface area contributed by atoms with Crippen LogP contribution in [0.4, 0.5) is 5.69 Å². The van der Waals surface area contributed by atoms with Crippen LogP contribution in [-0.4, -0.2) is 5.91 Å². The monoisotopic (exact) mass is 250 g/mol. The lowest BCUT2D eigenvalue weighted by molar-refractivity contribution is -0.112. The first kappa shape index (κ1) is 12.7. The fourth-order valence-corrected chi connectivity index (χ4v) is 1.34. The maximum atomic E-state index is 11.6. The molecular formula is C11H10N2OS2. The molecule has 0 bridgehead atoms. The van der Waals surface area contributed by atoms with E-state index in [1.807, 2.05) is 19.1 Å². The van der Waals surface area contributed by atoms with Crippen LogP contribution in [0.25, 0.3) is 0 Å². The van der Waals surface area contributed by atoms with Gasteiger partial charge in [0.25, 0.3) is 5.91 Å². The number of carbonyl (C=O) groups excluding carboxylic acids is 1. The van der Waals surface area contributed by atoms with E-state index in [2.05, 4.69) is 30.6 Å². The minimum absolute atomic E-state index is 0.104. The molecule has 0 aliphatic heterocycles. The molecule has 0 fully saturated rings. The molecule has 3 nitrogen and oxygen atoms in total. The number of nitrogens with zero attached hydrogens (tertiary/aromatic N) is 1. The summed E-state index contributed by atoms with van der Waals surface area (Å²) in [5, 5.41) is 11.3. The second kappa shape index (κ2) is 5.64. The van der Waals surface area contributed by atoms with Gasteiger partial charge in [0.05, 0.1) is 4.24 Å². The van der Waals surface area contributed by atoms with E-state index in [9.17, 15) is 4.79 Å². The fraction of sp³-hybridized carbons (Fsp3) is 0.0909. The molecule has 82 valence electrons. The Bertz CT molecular complexity index is 468. The Morgan fingerprint density at radius 1 is 1.31 bits per heavy atom. The second-order valence-corrected chi connectivity index (χ2v) is 4.38. The number of amides is 1. The van der Waals surface area contributed by atoms with Gasteiger partial charge >= 0.3 is 0 Å². The Labute approximate surface area is 105 Å². The lowest BCUT2D eigenvalue weighted by atomic mass is 10.2. The lowest BCUT2D eigenvalue weighted by Crippen LogP contribution is -2.13. The van der Waals surface area contributed by atoms with Crippen molar-refractivity contribution in [2.75, 3.05) is 5.32 Å². The number of hydrogen-bond acceptors (Lipinski definition) is 4. The number of aryl methyl sites for hydroxylation is 1. The Kier molecular flexibility index (Phi) is 4.47. The molecule has 16 heavy (non-hydrogen) atoms. The van der Waals surface area contributed by atoms with Gasteiger partial charge in [0.1, 0.15) is 11.6 Å². The Hall–Kier alpha value is -1.38. The number of benzene rings is 1. The average molecular weight is 250 g/mol. The van der Waals surface area contributed by atoms with Crippen LogP contribution in [0.15, 0.2) is 34.1 Å². The zero-order valence-corrected chi connectivity index (χ0v) is 10.3. The molecule has 0 radical (unpaired) electrons. The van der Waals surface area contributed by atoms with Gasteiger partial charge in [-0.2, -0.15) is 5.26 Å². The number of carbonyl (C=O) groups is 1. The van der Waals surface area contributed by atoms with E-state index >= 15 is 0 Å². The van der Waals surface area contributed by atoms with E-state index in [4.69, 9.17) is 5.26 Å². The molecule has 0 saturated carbocycles. The summed E-state index contributed by atoms with van der Waals surface area (Å²) in [6, 6.07) is 9.01. The van der Waals surface area contributed by atoms with Crippen molar-refractivity contribution < 1.29 is 4.79 Å². The van der Waals surface area contributed by atoms with Crippen LogP contribution >= 0.6 is 25.3 Å². The first-order chi connectivity index (χ1) is 7.54. The number of nitriles is 1. The normalized spacial score (nSPS) is 9.12. The predicted molar refractivity (Wildman–Crippen MR) is 70.4 cm³/mol. The van der Waals surface area contributed by atoms with E-state index in [0.717, 1.165) is 5.56 Å². The third-order valence-corrected chi connectivity index (χ3v) is 2.32. The van der Waals surface area contributed by atoms with Gasteiger partial charge in [0.15, 0.2) is 0 Å². The van der Waals surface area contributed by atoms with Crippen molar-refractivity contribution >= 4 is 36.9 Å². The highest BCUT2D eigenvalue weighted by atomic mass is 32.2. The minimum atomic E-state index is -0.508. The summed E-state index contributed by atoms with van der Waals surface area (Å²) in [7, 11) is 0. The first-order valence-electron chi connectivity index (χ1n) is 4.45. The van der Waals surface area contributed by atoms with Crippen LogP contribution in [0.2, 0.25) is 0 Å². The molecule has 5 heteroatoms. The number of rotatable bonds is 2. The van der Waals surface area contributed by atoms with Gasteiger partial charge in [-0.3, -0.25) is 4.79 Å². The molecule has 0 atom stereocenters. The first-order valence-corrected chi connectivity index (χ1v) is 5.34. The van der Waals surface area contributed by atoms with Crippen molar-refractivity contribution in [3.8, 4) is 6.07 Å². The molecule has 0 aliphatic rings. The van der Waals surface area contributed by atoms with Crippen molar-refractivity contribution in [1.82, 2.24) is 0 Å². The molecule has 0 heterocycles. The Morgan fingerprint density at radius 3 is 2.31 bits per heavy atom. The van der Waals surface area contributed by atoms with Crippen molar-refractivity contribution in [2.24, 2.45) is 0 Å². The number of hydrogen-bond donors (Lipinski definition) is 3. The molecular weight excluding hydrogens is 240 g/mol. The Balaban J connectivity index is 2.84. The van der Waals surface area contributed by atoms with Crippen molar-refractivity contribution in [1.29, 1.82) is 5.26 Å². The number of anilines is 1. The van der Waals surface area contributed by atoms with E-state index in [-0.39, 0.29) is 9.81 Å². The molecule has 0 unspecified atom stereocenters. The van der Waals surface area contributed by atoms with Crippen molar-refractivity contribution in [2.45, 2.75) is 6.92 Å². The van der Waals surface area contributed by atoms with Crippen LogP contribution in [0, 0.1) is 18.3 Å². The minimum Gasteiger partial charge on any atom is -0.321 e. The molecule has 0 aromatic heterocycles. The lowest BCUT2D eigenvalue weighted by Gasteiger charge is -2.04. The standard InChI is InChI=1S/C11H10N2OS2/c1-7-2-4-8(5-3-7)13-10(14)9(6-12)11(15)16/h2-5,15-16H,1H3,(H,13,14). The fourth-order valence-electron chi connectivity index (χ4n) is 1.03. The summed E-state index contributed by atoms with van der Waals surface area (Å²) in [5.74, 6) is -0.508. The van der Waals surface area contributed by atoms with Crippen LogP contribution in [-0.2, 0) is 4.79 Å². The highest BCUT2D eigenvalue weighted by Gasteiger charge is 2.11. The Morgan fingerprint density at radius 2 is 1.88 bits per heavy atom. The third-order valence-electron chi connectivity index (χ3n) is 1.87. The van der Waals surface area contributed by atoms with Gasteiger partial charge in [0.2, 0.25) is 0 Å². The largest absolute Gasteiger partial charge is 0.321 e. The van der Waals surface area contributed by atoms with E-state index in [1.54, 1.807) is 18.2 Å². The van der Waals surface area contributed by atoms with E-state index in [0.29, 0.717) is 5.69 Å². The molecule has 1 rings (SSSR count). The highest BCUT2D eigenvalue weighted by molar-refractivity contribution is 8.05. The maximum absolute atomic E-state index is 11.6. The molecule has 1 aromatic rings. The summed E-state index contributed by atoms with van der Waals surface area (Å²) in [4.78, 5) is 11.6. The molecule has 0 spiro atoms. The van der Waals surface area contributed by atoms with Crippen LogP contribution < -0.4 is 5.32 Å². The predicted octanol–water partition coefficient (Wildman–Crippen LogP) is 2.53. The molecule has 1 aromatic carbocycles. The second-order valence-electron chi connectivity index (χ2n) is 3.13. The summed E-state index contributed by atoms with van der Waals surface area (Å²) in [6.07, 6.45) is 0. The SMILES string of the molecule is Cc1ccc(NC(=O)C(C#N)=C(S)S)cc1. The summed E-state index contributed by atoms with van der Waals surface area (Å²) in [6.45, 7) is 1.95. The van der Waals surface area contributed by atoms with Gasteiger partial charge in [-0.15, -0.1) is 25.3 Å². The van der Waals surface area contributed by atoms with E-state index < -0.39 is 5.91 Å². The molecule has 0 aliphatic carbocycles. The van der Waals surface area contributed by atoms with Crippen molar-refractivity contribution in [3.05, 3.63) is 39.6 Å². The molecule has 1 amide bonds. The van der Waals surface area contributed by atoms with Gasteiger partial charge in [-0.05, 0) is 19.1 Å². The van der Waals surface area contributed by atoms with Gasteiger partial charge in [-0.1, -0.05) is 17.7 Å². The number of nitrogens with one attached hydrogen (secondary N) is 1. The zero-order valence-electron chi connectivity index (χ0n) is 8.56. The summed E-state index contributed by atoms with van der Waals surface area (Å²) >= 11 is 7.71. The van der Waals surface area contributed by atoms with Crippen LogP contribution in [0.1, 0.15) is 5.56 Å². The van der Waals surface area contributed by atoms with Gasteiger partial charge < -0.3 is 5.32 Å². The van der Waals surface area contributed by atoms with Gasteiger partial charge in [0, 0.05) is 5.69 Å². The van der Waals surface area contributed by atoms with E-state index in [1.165, 1.54) is 0 Å². The zero-order chi connectivity index (χ0) is 12.1. The molecule has 0 saturated heterocycles. The number of thiol groups is 2.